The summed E-state index contributed by atoms with van der Waals surface area (Å²) in [5.74, 6) is -0.414. The second-order valence-corrected chi connectivity index (χ2v) is 9.80. The lowest BCUT2D eigenvalue weighted by Crippen LogP contribution is -2.34. The number of rotatable bonds is 17. The molecule has 0 aliphatic heterocycles. The van der Waals surface area contributed by atoms with Crippen molar-refractivity contribution >= 4 is 18.0 Å². The summed E-state index contributed by atoms with van der Waals surface area (Å²) in [6.45, 7) is 14.5. The second kappa shape index (κ2) is 22.6. The van der Waals surface area contributed by atoms with Crippen molar-refractivity contribution in [3.63, 3.8) is 0 Å². The molecule has 1 amide bonds. The first-order valence-corrected chi connectivity index (χ1v) is 13.6. The molecule has 8 nitrogen and oxygen atoms in total. The predicted octanol–water partition coefficient (Wildman–Crippen LogP) is 6.04. The Morgan fingerprint density at radius 2 is 1.20 bits per heavy atom. The lowest BCUT2D eigenvalue weighted by atomic mass is 10.1. The number of nitrogens with two attached hydrogens (primary N) is 1. The van der Waals surface area contributed by atoms with Gasteiger partial charge in [-0.2, -0.15) is 0 Å². The molecule has 2 unspecified atom stereocenters. The van der Waals surface area contributed by atoms with Gasteiger partial charge in [0.25, 0.3) is 0 Å². The number of ether oxygens (including phenoxy) is 3. The molecule has 2 atom stereocenters. The molecule has 0 radical (unpaired) electrons. The molecule has 0 aliphatic rings. The number of amides is 1. The van der Waals surface area contributed by atoms with E-state index in [2.05, 4.69) is 33.0 Å². The first-order chi connectivity index (χ1) is 16.5. The van der Waals surface area contributed by atoms with Gasteiger partial charge in [-0.1, -0.05) is 66.2 Å². The number of carbonyl (C=O) groups excluding carboxylic acids is 3. The van der Waals surface area contributed by atoms with E-state index in [1.54, 1.807) is 20.8 Å². The van der Waals surface area contributed by atoms with Crippen molar-refractivity contribution in [2.24, 2.45) is 5.73 Å². The third-order valence-electron chi connectivity index (χ3n) is 4.92. The third-order valence-corrected chi connectivity index (χ3v) is 4.92. The zero-order chi connectivity index (χ0) is 27.1. The number of hydrogen-bond acceptors (Lipinski definition) is 7. The maximum atomic E-state index is 11.7. The van der Waals surface area contributed by atoms with Gasteiger partial charge in [0.15, 0.2) is 0 Å². The van der Waals surface area contributed by atoms with E-state index < -0.39 is 11.7 Å². The van der Waals surface area contributed by atoms with Gasteiger partial charge >= 0.3 is 18.0 Å². The molecule has 0 saturated carbocycles. The molecule has 0 saturated heterocycles. The Hall–Kier alpha value is -1.83. The van der Waals surface area contributed by atoms with Crippen LogP contribution < -0.4 is 11.1 Å². The van der Waals surface area contributed by atoms with Crippen LogP contribution in [0.25, 0.3) is 0 Å². The first-order valence-electron chi connectivity index (χ1n) is 13.6. The minimum absolute atomic E-state index is 0.00368. The summed E-state index contributed by atoms with van der Waals surface area (Å²) < 4.78 is 15.8. The molecule has 0 heterocycles. The number of hydrogen-bond donors (Lipinski definition) is 2. The first kappa shape index (κ1) is 35.3. The molecular formula is C27H54N2O6. The summed E-state index contributed by atoms with van der Waals surface area (Å²) in [5.41, 5.74) is 4.75. The van der Waals surface area contributed by atoms with Gasteiger partial charge in [-0.05, 0) is 46.5 Å². The Labute approximate surface area is 214 Å². The number of carbonyl (C=O) groups is 3. The number of esters is 2. The second-order valence-electron chi connectivity index (χ2n) is 9.80. The fourth-order valence-corrected chi connectivity index (χ4v) is 3.22. The van der Waals surface area contributed by atoms with Crippen molar-refractivity contribution in [2.45, 2.75) is 143 Å². The van der Waals surface area contributed by atoms with E-state index >= 15 is 0 Å². The van der Waals surface area contributed by atoms with Crippen LogP contribution in [-0.4, -0.2) is 48.9 Å². The topological polar surface area (TPSA) is 117 Å². The zero-order valence-electron chi connectivity index (χ0n) is 23.6. The van der Waals surface area contributed by atoms with Crippen molar-refractivity contribution in [3.05, 3.63) is 0 Å². The molecule has 0 rings (SSSR count). The van der Waals surface area contributed by atoms with Gasteiger partial charge in [0.05, 0.1) is 12.8 Å². The van der Waals surface area contributed by atoms with Crippen LogP contribution in [0.15, 0.2) is 0 Å². The van der Waals surface area contributed by atoms with Crippen molar-refractivity contribution in [2.75, 3.05) is 13.1 Å². The van der Waals surface area contributed by atoms with E-state index in [-0.39, 0.29) is 37.1 Å². The number of nitrogens with one attached hydrogen (secondary N) is 1. The number of unbranched alkanes of at least 4 members (excludes halogenated alkanes) is 2. The molecule has 0 aromatic heterocycles. The summed E-state index contributed by atoms with van der Waals surface area (Å²) in [6, 6.07) is 0. The molecule has 8 heteroatoms. The largest absolute Gasteiger partial charge is 0.462 e. The smallest absolute Gasteiger partial charge is 0.407 e. The molecule has 208 valence electrons. The molecule has 35 heavy (non-hydrogen) atoms. The molecule has 0 fully saturated rings. The average Bonchev–Trinajstić information content (AvgIpc) is 2.75. The average molecular weight is 503 g/mol. The lowest BCUT2D eigenvalue weighted by Gasteiger charge is -2.20. The summed E-state index contributed by atoms with van der Waals surface area (Å²) >= 11 is 0. The summed E-state index contributed by atoms with van der Waals surface area (Å²) in [6.07, 6.45) is 10.4. The Kier molecular flexibility index (Phi) is 22.8. The fourth-order valence-electron chi connectivity index (χ4n) is 3.22. The molecule has 0 aliphatic carbocycles. The van der Waals surface area contributed by atoms with Crippen molar-refractivity contribution < 1.29 is 28.6 Å². The van der Waals surface area contributed by atoms with E-state index in [4.69, 9.17) is 19.9 Å². The van der Waals surface area contributed by atoms with Gasteiger partial charge in [-0.15, -0.1) is 0 Å². The molecule has 3 N–H and O–H groups in total. The van der Waals surface area contributed by atoms with Gasteiger partial charge < -0.3 is 25.3 Å². The minimum atomic E-state index is -0.531. The van der Waals surface area contributed by atoms with Gasteiger partial charge in [0, 0.05) is 13.1 Å². The maximum Gasteiger partial charge on any atom is 0.407 e. The lowest BCUT2D eigenvalue weighted by molar-refractivity contribution is -0.150. The molecular weight excluding hydrogens is 448 g/mol. The Morgan fingerprint density at radius 3 is 1.57 bits per heavy atom. The summed E-state index contributed by atoms with van der Waals surface area (Å²) in [7, 11) is 0. The van der Waals surface area contributed by atoms with E-state index in [0.717, 1.165) is 64.2 Å². The van der Waals surface area contributed by atoms with Crippen molar-refractivity contribution in [3.8, 4) is 0 Å². The van der Waals surface area contributed by atoms with Crippen LogP contribution in [0.3, 0.4) is 0 Å². The summed E-state index contributed by atoms with van der Waals surface area (Å²) in [5, 5.41) is 2.56. The SMILES string of the molecule is CCCCC(CCC)OC(=O)CCN.CCCCC(CCC)OC(=O)CCNC(=O)OC(C)(C)C. The van der Waals surface area contributed by atoms with E-state index in [0.29, 0.717) is 13.0 Å². The molecule has 0 spiro atoms. The zero-order valence-corrected chi connectivity index (χ0v) is 23.6. The quantitative estimate of drug-likeness (QED) is 0.184. The van der Waals surface area contributed by atoms with Gasteiger partial charge in [0.2, 0.25) is 0 Å². The normalized spacial score (nSPS) is 12.6. The van der Waals surface area contributed by atoms with Crippen molar-refractivity contribution in [1.29, 1.82) is 0 Å². The van der Waals surface area contributed by atoms with Crippen LogP contribution in [0.5, 0.6) is 0 Å². The fraction of sp³-hybridized carbons (Fsp3) is 0.889. The van der Waals surface area contributed by atoms with Crippen LogP contribution in [0.4, 0.5) is 4.79 Å². The van der Waals surface area contributed by atoms with Crippen molar-refractivity contribution in [1.82, 2.24) is 5.32 Å². The number of alkyl carbamates (subject to hydrolysis) is 1. The Morgan fingerprint density at radius 1 is 0.743 bits per heavy atom. The van der Waals surface area contributed by atoms with Crippen LogP contribution in [-0.2, 0) is 23.8 Å². The predicted molar refractivity (Wildman–Crippen MR) is 141 cm³/mol. The highest BCUT2D eigenvalue weighted by atomic mass is 16.6. The van der Waals surface area contributed by atoms with E-state index in [1.807, 2.05) is 0 Å². The molecule has 0 aromatic carbocycles. The van der Waals surface area contributed by atoms with Crippen LogP contribution in [0.1, 0.15) is 126 Å². The van der Waals surface area contributed by atoms with E-state index in [1.165, 1.54) is 0 Å². The van der Waals surface area contributed by atoms with E-state index in [9.17, 15) is 14.4 Å². The Balaban J connectivity index is 0. The standard InChI is InChI=1S/C16H31NO4.C11H23NO2/c1-6-8-10-13(9-7-2)20-14(18)11-12-17-15(19)21-16(3,4)5;1-3-5-7-10(6-4-2)14-11(13)8-9-12/h13H,6-12H2,1-5H3,(H,17,19);10H,3-9,12H2,1-2H3. The molecule has 0 aromatic rings. The van der Waals surface area contributed by atoms with Crippen LogP contribution >= 0.6 is 0 Å². The highest BCUT2D eigenvalue weighted by Gasteiger charge is 2.17. The van der Waals surface area contributed by atoms with Gasteiger partial charge in [-0.3, -0.25) is 9.59 Å². The van der Waals surface area contributed by atoms with Crippen LogP contribution in [0.2, 0.25) is 0 Å². The van der Waals surface area contributed by atoms with Gasteiger partial charge in [0.1, 0.15) is 17.8 Å². The highest BCUT2D eigenvalue weighted by molar-refractivity contribution is 5.72. The highest BCUT2D eigenvalue weighted by Crippen LogP contribution is 2.13. The minimum Gasteiger partial charge on any atom is -0.462 e. The molecule has 0 bridgehead atoms. The van der Waals surface area contributed by atoms with Gasteiger partial charge in [-0.25, -0.2) is 4.79 Å². The monoisotopic (exact) mass is 502 g/mol. The maximum absolute atomic E-state index is 11.7. The third kappa shape index (κ3) is 25.1. The summed E-state index contributed by atoms with van der Waals surface area (Å²) in [4.78, 5) is 34.4. The Bertz CT molecular complexity index is 548. The van der Waals surface area contributed by atoms with Crippen LogP contribution in [0, 0.1) is 0 Å².